The first-order valence-corrected chi connectivity index (χ1v) is 6.67. The van der Waals surface area contributed by atoms with Gasteiger partial charge in [-0.1, -0.05) is 13.0 Å². The Bertz CT molecular complexity index is 497. The Morgan fingerprint density at radius 3 is 2.80 bits per heavy atom. The van der Waals surface area contributed by atoms with Crippen LogP contribution in [0.2, 0.25) is 0 Å². The van der Waals surface area contributed by atoms with E-state index < -0.39 is 5.82 Å². The highest BCUT2D eigenvalue weighted by molar-refractivity contribution is 5.71. The average molecular weight is 278 g/mol. The predicted octanol–water partition coefficient (Wildman–Crippen LogP) is 2.47. The third-order valence-electron chi connectivity index (χ3n) is 2.78. The van der Waals surface area contributed by atoms with Gasteiger partial charge in [0.2, 0.25) is 0 Å². The molecule has 0 unspecified atom stereocenters. The maximum atomic E-state index is 13.1. The molecule has 0 aliphatic rings. The number of halogens is 1. The minimum absolute atomic E-state index is 0.171. The molecule has 0 fully saturated rings. The lowest BCUT2D eigenvalue weighted by atomic mass is 10.1. The molecule has 0 aliphatic carbocycles. The van der Waals surface area contributed by atoms with Crippen molar-refractivity contribution in [3.8, 4) is 6.07 Å². The van der Waals surface area contributed by atoms with Crippen LogP contribution in [0.1, 0.15) is 31.4 Å². The van der Waals surface area contributed by atoms with Gasteiger partial charge >= 0.3 is 5.97 Å². The number of carbonyl (C=O) groups is 1. The normalized spacial score (nSPS) is 10.3. The van der Waals surface area contributed by atoms with E-state index in [0.717, 1.165) is 6.42 Å². The van der Waals surface area contributed by atoms with Gasteiger partial charge in [-0.15, -0.1) is 0 Å². The molecule has 20 heavy (non-hydrogen) atoms. The van der Waals surface area contributed by atoms with Gasteiger partial charge in [0.05, 0.1) is 24.8 Å². The number of ether oxygens (including phenoxy) is 1. The molecule has 0 aromatic heterocycles. The van der Waals surface area contributed by atoms with Crippen molar-refractivity contribution in [3.63, 3.8) is 0 Å². The molecule has 1 aromatic carbocycles. The number of nitrogens with zero attached hydrogens (tertiary/aromatic N) is 2. The summed E-state index contributed by atoms with van der Waals surface area (Å²) in [5, 5.41) is 9.02. The molecule has 0 saturated heterocycles. The van der Waals surface area contributed by atoms with E-state index >= 15 is 0 Å². The number of hydrogen-bond donors (Lipinski definition) is 0. The molecule has 4 nitrogen and oxygen atoms in total. The van der Waals surface area contributed by atoms with Crippen LogP contribution in [-0.4, -0.2) is 30.6 Å². The molecule has 0 heterocycles. The molecule has 0 radical (unpaired) electrons. The number of nitriles is 1. The monoisotopic (exact) mass is 278 g/mol. The molecule has 0 aliphatic heterocycles. The smallest absolute Gasteiger partial charge is 0.320 e. The van der Waals surface area contributed by atoms with E-state index in [1.165, 1.54) is 12.1 Å². The molecule has 0 amide bonds. The van der Waals surface area contributed by atoms with Gasteiger partial charge in [0.1, 0.15) is 5.82 Å². The first-order valence-electron chi connectivity index (χ1n) is 6.67. The number of rotatable bonds is 7. The molecular formula is C15H19FN2O2. The lowest BCUT2D eigenvalue weighted by Crippen LogP contribution is -2.31. The topological polar surface area (TPSA) is 53.3 Å². The molecular weight excluding hydrogens is 259 g/mol. The van der Waals surface area contributed by atoms with Gasteiger partial charge in [0, 0.05) is 6.54 Å². The summed E-state index contributed by atoms with van der Waals surface area (Å²) in [6.45, 7) is 5.42. The van der Waals surface area contributed by atoms with Crippen LogP contribution in [0.5, 0.6) is 0 Å². The highest BCUT2D eigenvalue weighted by atomic mass is 19.1. The highest BCUT2D eigenvalue weighted by Crippen LogP contribution is 2.13. The van der Waals surface area contributed by atoms with E-state index in [9.17, 15) is 9.18 Å². The Hall–Kier alpha value is -1.93. The zero-order valence-electron chi connectivity index (χ0n) is 11.9. The van der Waals surface area contributed by atoms with Crippen molar-refractivity contribution < 1.29 is 13.9 Å². The summed E-state index contributed by atoms with van der Waals surface area (Å²) in [5.74, 6) is -0.723. The first-order chi connectivity index (χ1) is 9.60. The molecule has 108 valence electrons. The molecule has 5 heteroatoms. The second kappa shape index (κ2) is 8.28. The third-order valence-corrected chi connectivity index (χ3v) is 2.78. The van der Waals surface area contributed by atoms with Crippen LogP contribution in [0.3, 0.4) is 0 Å². The zero-order chi connectivity index (χ0) is 15.0. The lowest BCUT2D eigenvalue weighted by molar-refractivity contribution is -0.144. The van der Waals surface area contributed by atoms with E-state index in [1.807, 2.05) is 17.9 Å². The summed E-state index contributed by atoms with van der Waals surface area (Å²) < 4.78 is 18.0. The molecule has 1 rings (SSSR count). The zero-order valence-corrected chi connectivity index (χ0v) is 11.9. The molecule has 0 bridgehead atoms. The number of hydrogen-bond acceptors (Lipinski definition) is 4. The van der Waals surface area contributed by atoms with Gasteiger partial charge in [-0.25, -0.2) is 4.39 Å². The SMILES string of the molecule is CCCN(CC(=O)OCC)Cc1ccc(F)cc1C#N. The quantitative estimate of drug-likeness (QED) is 0.719. The maximum absolute atomic E-state index is 13.1. The van der Waals surface area contributed by atoms with Crippen molar-refractivity contribution in [1.29, 1.82) is 5.26 Å². The number of carbonyl (C=O) groups excluding carboxylic acids is 1. The maximum Gasteiger partial charge on any atom is 0.320 e. The molecule has 0 N–H and O–H groups in total. The summed E-state index contributed by atoms with van der Waals surface area (Å²) in [5.41, 5.74) is 1.02. The van der Waals surface area contributed by atoms with E-state index in [2.05, 4.69) is 0 Å². The Balaban J connectivity index is 2.80. The van der Waals surface area contributed by atoms with Crippen LogP contribution in [-0.2, 0) is 16.1 Å². The molecule has 0 spiro atoms. The van der Waals surface area contributed by atoms with Gasteiger partial charge < -0.3 is 4.74 Å². The standard InChI is InChI=1S/C15H19FN2O2/c1-3-7-18(11-15(19)20-4-2)10-12-5-6-14(16)8-13(12)9-17/h5-6,8H,3-4,7,10-11H2,1-2H3. The number of esters is 1. The van der Waals surface area contributed by atoms with Gasteiger partial charge in [0.25, 0.3) is 0 Å². The van der Waals surface area contributed by atoms with Crippen LogP contribution in [0.25, 0.3) is 0 Å². The van der Waals surface area contributed by atoms with Crippen molar-refractivity contribution in [2.45, 2.75) is 26.8 Å². The van der Waals surface area contributed by atoms with Crippen LogP contribution in [0.4, 0.5) is 4.39 Å². The minimum Gasteiger partial charge on any atom is -0.465 e. The van der Waals surface area contributed by atoms with Crippen LogP contribution in [0, 0.1) is 17.1 Å². The van der Waals surface area contributed by atoms with E-state index in [1.54, 1.807) is 13.0 Å². The third kappa shape index (κ3) is 4.98. The Labute approximate surface area is 118 Å². The highest BCUT2D eigenvalue weighted by Gasteiger charge is 2.13. The summed E-state index contributed by atoms with van der Waals surface area (Å²) in [6, 6.07) is 6.10. The fraction of sp³-hybridized carbons (Fsp3) is 0.467. The fourth-order valence-corrected chi connectivity index (χ4v) is 1.95. The van der Waals surface area contributed by atoms with Gasteiger partial charge in [0.15, 0.2) is 0 Å². The summed E-state index contributed by atoms with van der Waals surface area (Å²) in [6.07, 6.45) is 0.877. The fourth-order valence-electron chi connectivity index (χ4n) is 1.95. The van der Waals surface area contributed by atoms with Gasteiger partial charge in [-0.05, 0) is 37.6 Å². The summed E-state index contributed by atoms with van der Waals surface area (Å²) in [7, 11) is 0. The van der Waals surface area contributed by atoms with E-state index in [0.29, 0.717) is 30.8 Å². The average Bonchev–Trinajstić information content (AvgIpc) is 2.41. The summed E-state index contributed by atoms with van der Waals surface area (Å²) >= 11 is 0. The first kappa shape index (κ1) is 16.1. The number of benzene rings is 1. The van der Waals surface area contributed by atoms with Crippen molar-refractivity contribution in [1.82, 2.24) is 4.90 Å². The largest absolute Gasteiger partial charge is 0.465 e. The van der Waals surface area contributed by atoms with Crippen molar-refractivity contribution in [2.24, 2.45) is 0 Å². The second-order valence-corrected chi connectivity index (χ2v) is 4.43. The van der Waals surface area contributed by atoms with E-state index in [-0.39, 0.29) is 12.5 Å². The van der Waals surface area contributed by atoms with Gasteiger partial charge in [-0.2, -0.15) is 5.26 Å². The second-order valence-electron chi connectivity index (χ2n) is 4.43. The Morgan fingerprint density at radius 2 is 2.20 bits per heavy atom. The van der Waals surface area contributed by atoms with Crippen LogP contribution in [0.15, 0.2) is 18.2 Å². The lowest BCUT2D eigenvalue weighted by Gasteiger charge is -2.21. The predicted molar refractivity (Wildman–Crippen MR) is 73.3 cm³/mol. The van der Waals surface area contributed by atoms with Crippen molar-refractivity contribution >= 4 is 5.97 Å². The van der Waals surface area contributed by atoms with Crippen LogP contribution >= 0.6 is 0 Å². The van der Waals surface area contributed by atoms with Crippen LogP contribution < -0.4 is 0 Å². The van der Waals surface area contributed by atoms with Crippen molar-refractivity contribution in [2.75, 3.05) is 19.7 Å². The van der Waals surface area contributed by atoms with Crippen molar-refractivity contribution in [3.05, 3.63) is 35.1 Å². The van der Waals surface area contributed by atoms with E-state index in [4.69, 9.17) is 10.00 Å². The van der Waals surface area contributed by atoms with Gasteiger partial charge in [-0.3, -0.25) is 9.69 Å². The minimum atomic E-state index is -0.433. The molecule has 1 aromatic rings. The Morgan fingerprint density at radius 1 is 1.45 bits per heavy atom. The summed E-state index contributed by atoms with van der Waals surface area (Å²) in [4.78, 5) is 13.4. The molecule has 0 saturated carbocycles. The Kier molecular flexibility index (Phi) is 6.68. The molecule has 0 atom stereocenters.